The maximum atomic E-state index is 12.0. The number of carbonyl (C=O) groups is 2. The van der Waals surface area contributed by atoms with Gasteiger partial charge in [0.25, 0.3) is 0 Å². The van der Waals surface area contributed by atoms with E-state index >= 15 is 0 Å². The average molecular weight is 318 g/mol. The van der Waals surface area contributed by atoms with Gasteiger partial charge in [0.2, 0.25) is 0 Å². The van der Waals surface area contributed by atoms with E-state index in [0.29, 0.717) is 25.2 Å². The minimum absolute atomic E-state index is 0.170. The van der Waals surface area contributed by atoms with Crippen LogP contribution in [0.1, 0.15) is 41.6 Å². The van der Waals surface area contributed by atoms with Crippen molar-refractivity contribution in [1.29, 1.82) is 0 Å². The van der Waals surface area contributed by atoms with E-state index in [1.165, 1.54) is 25.0 Å². The lowest BCUT2D eigenvalue weighted by atomic mass is 10.0. The third-order valence-electron chi connectivity index (χ3n) is 4.45. The third-order valence-corrected chi connectivity index (χ3v) is 4.45. The number of ether oxygens (including phenoxy) is 1. The molecule has 0 radical (unpaired) electrons. The first-order valence-corrected chi connectivity index (χ1v) is 8.10. The number of hydrogen-bond donors (Lipinski definition) is 3. The van der Waals surface area contributed by atoms with Gasteiger partial charge < -0.3 is 20.5 Å². The van der Waals surface area contributed by atoms with Crippen LogP contribution < -0.4 is 10.6 Å². The summed E-state index contributed by atoms with van der Waals surface area (Å²) in [4.78, 5) is 22.8. The van der Waals surface area contributed by atoms with E-state index in [0.717, 1.165) is 18.4 Å². The Kier molecular flexibility index (Phi) is 4.81. The van der Waals surface area contributed by atoms with Crippen LogP contribution in [-0.4, -0.2) is 35.9 Å². The molecule has 0 aromatic heterocycles. The van der Waals surface area contributed by atoms with Crippen molar-refractivity contribution in [2.24, 2.45) is 5.92 Å². The van der Waals surface area contributed by atoms with Crippen molar-refractivity contribution in [3.05, 3.63) is 35.4 Å². The van der Waals surface area contributed by atoms with E-state index in [9.17, 15) is 9.59 Å². The number of benzene rings is 1. The van der Waals surface area contributed by atoms with Crippen molar-refractivity contribution in [3.8, 4) is 0 Å². The van der Waals surface area contributed by atoms with Crippen LogP contribution in [0.25, 0.3) is 0 Å². The molecule has 1 aromatic rings. The smallest absolute Gasteiger partial charge is 0.335 e. The van der Waals surface area contributed by atoms with Crippen LogP contribution in [0.2, 0.25) is 0 Å². The first kappa shape index (κ1) is 15.8. The molecule has 0 spiro atoms. The highest BCUT2D eigenvalue weighted by molar-refractivity contribution is 5.87. The van der Waals surface area contributed by atoms with Crippen LogP contribution in [0.5, 0.6) is 0 Å². The average Bonchev–Trinajstić information content (AvgIpc) is 3.38. The van der Waals surface area contributed by atoms with Gasteiger partial charge in [-0.1, -0.05) is 12.1 Å². The zero-order chi connectivity index (χ0) is 16.2. The summed E-state index contributed by atoms with van der Waals surface area (Å²) in [7, 11) is 0. The molecule has 1 aromatic carbocycles. The van der Waals surface area contributed by atoms with Crippen LogP contribution in [0.3, 0.4) is 0 Å². The molecule has 3 rings (SSSR count). The maximum absolute atomic E-state index is 12.0. The van der Waals surface area contributed by atoms with Crippen LogP contribution in [0.4, 0.5) is 4.79 Å². The molecule has 6 heteroatoms. The van der Waals surface area contributed by atoms with Crippen molar-refractivity contribution in [3.63, 3.8) is 0 Å². The van der Waals surface area contributed by atoms with E-state index in [2.05, 4.69) is 10.6 Å². The topological polar surface area (TPSA) is 87.7 Å². The van der Waals surface area contributed by atoms with Gasteiger partial charge in [-0.15, -0.1) is 0 Å². The summed E-state index contributed by atoms with van der Waals surface area (Å²) in [5.41, 5.74) is 1.11. The van der Waals surface area contributed by atoms with E-state index in [4.69, 9.17) is 9.84 Å². The molecule has 23 heavy (non-hydrogen) atoms. The molecule has 1 aliphatic carbocycles. The van der Waals surface area contributed by atoms with E-state index in [1.807, 2.05) is 0 Å². The monoisotopic (exact) mass is 318 g/mol. The molecule has 1 saturated heterocycles. The predicted molar refractivity (Wildman–Crippen MR) is 84.3 cm³/mol. The first-order chi connectivity index (χ1) is 11.1. The number of carboxylic acids is 1. The second kappa shape index (κ2) is 7.00. The fraction of sp³-hybridized carbons (Fsp3) is 0.529. The lowest BCUT2D eigenvalue weighted by Crippen LogP contribution is -2.46. The Balaban J connectivity index is 1.42. The van der Waals surface area contributed by atoms with Gasteiger partial charge in [-0.3, -0.25) is 0 Å². The van der Waals surface area contributed by atoms with Crippen LogP contribution >= 0.6 is 0 Å². The fourth-order valence-electron chi connectivity index (χ4n) is 2.94. The van der Waals surface area contributed by atoms with Gasteiger partial charge in [-0.25, -0.2) is 9.59 Å². The molecule has 1 saturated carbocycles. The summed E-state index contributed by atoms with van der Waals surface area (Å²) in [6.07, 6.45) is 4.54. The zero-order valence-electron chi connectivity index (χ0n) is 13.0. The highest BCUT2D eigenvalue weighted by Crippen LogP contribution is 2.38. The quantitative estimate of drug-likeness (QED) is 0.776. The van der Waals surface area contributed by atoms with Gasteiger partial charge in [-0.2, -0.15) is 0 Å². The molecule has 2 aliphatic rings. The second-order valence-corrected chi connectivity index (χ2v) is 6.30. The molecular formula is C17H22N2O4. The largest absolute Gasteiger partial charge is 0.478 e. The SMILES string of the molecule is O=C(NCc1ccc(C(=O)O)cc1)NC1CCOC(C2CC2)C1. The Bertz CT molecular complexity index is 568. The molecule has 2 unspecified atom stereocenters. The van der Waals surface area contributed by atoms with Crippen molar-refractivity contribution in [1.82, 2.24) is 10.6 Å². The molecule has 1 aliphatic heterocycles. The number of nitrogens with one attached hydrogen (secondary N) is 2. The summed E-state index contributed by atoms with van der Waals surface area (Å²) >= 11 is 0. The number of carboxylic acid groups (broad SMARTS) is 1. The lowest BCUT2D eigenvalue weighted by molar-refractivity contribution is -0.00914. The van der Waals surface area contributed by atoms with Crippen LogP contribution in [0.15, 0.2) is 24.3 Å². The molecule has 2 amide bonds. The first-order valence-electron chi connectivity index (χ1n) is 8.10. The molecule has 6 nitrogen and oxygen atoms in total. The van der Waals surface area contributed by atoms with Gasteiger partial charge in [0.1, 0.15) is 0 Å². The predicted octanol–water partition coefficient (Wildman–Crippen LogP) is 2.14. The number of amides is 2. The van der Waals surface area contributed by atoms with Crippen molar-refractivity contribution in [2.45, 2.75) is 44.4 Å². The summed E-state index contributed by atoms with van der Waals surface area (Å²) in [5.74, 6) is -0.262. The van der Waals surface area contributed by atoms with Gasteiger partial charge in [-0.05, 0) is 49.3 Å². The maximum Gasteiger partial charge on any atom is 0.335 e. The van der Waals surface area contributed by atoms with E-state index in [-0.39, 0.29) is 17.6 Å². The Labute approximate surface area is 135 Å². The zero-order valence-corrected chi connectivity index (χ0v) is 13.0. The molecule has 124 valence electrons. The Morgan fingerprint density at radius 1 is 1.17 bits per heavy atom. The molecule has 0 bridgehead atoms. The number of aromatic carboxylic acids is 1. The molecule has 2 fully saturated rings. The molecule has 1 heterocycles. The van der Waals surface area contributed by atoms with Crippen molar-refractivity contribution < 1.29 is 19.4 Å². The summed E-state index contributed by atoms with van der Waals surface area (Å²) < 4.78 is 5.75. The normalized spacial score (nSPS) is 24.0. The summed E-state index contributed by atoms with van der Waals surface area (Å²) in [5, 5.41) is 14.7. The molecule has 2 atom stereocenters. The van der Waals surface area contributed by atoms with E-state index < -0.39 is 5.97 Å². The highest BCUT2D eigenvalue weighted by Gasteiger charge is 2.36. The lowest BCUT2D eigenvalue weighted by Gasteiger charge is -2.30. The Morgan fingerprint density at radius 2 is 1.91 bits per heavy atom. The van der Waals surface area contributed by atoms with Crippen molar-refractivity contribution in [2.75, 3.05) is 6.61 Å². The second-order valence-electron chi connectivity index (χ2n) is 6.30. The van der Waals surface area contributed by atoms with Crippen LogP contribution in [0, 0.1) is 5.92 Å². The summed E-state index contributed by atoms with van der Waals surface area (Å²) in [6.45, 7) is 1.09. The van der Waals surface area contributed by atoms with Gasteiger partial charge in [0, 0.05) is 19.2 Å². The van der Waals surface area contributed by atoms with E-state index in [1.54, 1.807) is 12.1 Å². The van der Waals surface area contributed by atoms with Crippen LogP contribution in [-0.2, 0) is 11.3 Å². The standard InChI is InChI=1S/C17H22N2O4/c20-16(21)13-3-1-11(2-4-13)10-18-17(22)19-14-7-8-23-15(9-14)12-5-6-12/h1-4,12,14-15H,5-10H2,(H,20,21)(H2,18,19,22). The number of carbonyl (C=O) groups excluding carboxylic acids is 1. The highest BCUT2D eigenvalue weighted by atomic mass is 16.5. The third kappa shape index (κ3) is 4.45. The fourth-order valence-corrected chi connectivity index (χ4v) is 2.94. The van der Waals surface area contributed by atoms with Crippen molar-refractivity contribution >= 4 is 12.0 Å². The Hall–Kier alpha value is -2.08. The number of urea groups is 1. The minimum Gasteiger partial charge on any atom is -0.478 e. The molecule has 3 N–H and O–H groups in total. The summed E-state index contributed by atoms with van der Waals surface area (Å²) in [6, 6.07) is 6.48. The Morgan fingerprint density at radius 3 is 2.57 bits per heavy atom. The minimum atomic E-state index is -0.952. The van der Waals surface area contributed by atoms with Gasteiger partial charge in [0.15, 0.2) is 0 Å². The number of rotatable bonds is 5. The van der Waals surface area contributed by atoms with Gasteiger partial charge in [0.05, 0.1) is 11.7 Å². The van der Waals surface area contributed by atoms with Gasteiger partial charge >= 0.3 is 12.0 Å². The number of hydrogen-bond acceptors (Lipinski definition) is 3. The molecular weight excluding hydrogens is 296 g/mol.